The van der Waals surface area contributed by atoms with Crippen molar-refractivity contribution in [3.8, 4) is 0 Å². The van der Waals surface area contributed by atoms with Crippen molar-refractivity contribution >= 4 is 5.78 Å². The van der Waals surface area contributed by atoms with E-state index in [1.807, 2.05) is 0 Å². The van der Waals surface area contributed by atoms with E-state index in [9.17, 15) is 9.90 Å². The molecule has 1 N–H and O–H groups in total. The third kappa shape index (κ3) is 13.9. The van der Waals surface area contributed by atoms with E-state index < -0.39 is 0 Å². The van der Waals surface area contributed by atoms with E-state index in [1.165, 1.54) is 68.9 Å². The Morgan fingerprint density at radius 1 is 0.971 bits per heavy atom. The van der Waals surface area contributed by atoms with Crippen LogP contribution in [0, 0.1) is 23.7 Å². The molecule has 0 aliphatic heterocycles. The molecule has 2 rings (SSSR count). The largest absolute Gasteiger partial charge is 0.393 e. The van der Waals surface area contributed by atoms with Crippen LogP contribution in [0.2, 0.25) is 0 Å². The SMILES string of the molecule is CCC(C)=CCCC(C)=CCC1CCCC1O.CCC(C)CCCC(C)CCC1CCCC1=O. The number of hydrogen-bond acceptors (Lipinski definition) is 2. The van der Waals surface area contributed by atoms with Crippen LogP contribution in [-0.4, -0.2) is 17.0 Å². The van der Waals surface area contributed by atoms with Gasteiger partial charge >= 0.3 is 0 Å². The minimum atomic E-state index is -0.0405. The molecule has 0 aromatic heterocycles. The monoisotopic (exact) mass is 474 g/mol. The zero-order chi connectivity index (χ0) is 25.3. The lowest BCUT2D eigenvalue weighted by atomic mass is 9.90. The van der Waals surface area contributed by atoms with Crippen LogP contribution < -0.4 is 0 Å². The molecule has 0 aromatic carbocycles. The lowest BCUT2D eigenvalue weighted by Crippen LogP contribution is -2.11. The summed E-state index contributed by atoms with van der Waals surface area (Å²) in [7, 11) is 0. The Hall–Kier alpha value is -0.890. The maximum atomic E-state index is 11.5. The molecule has 2 fully saturated rings. The van der Waals surface area contributed by atoms with Gasteiger partial charge in [-0.25, -0.2) is 0 Å². The highest BCUT2D eigenvalue weighted by Gasteiger charge is 2.24. The van der Waals surface area contributed by atoms with E-state index in [4.69, 9.17) is 0 Å². The summed E-state index contributed by atoms with van der Waals surface area (Å²) in [6.45, 7) is 13.6. The van der Waals surface area contributed by atoms with E-state index in [0.29, 0.717) is 17.6 Å². The molecule has 34 heavy (non-hydrogen) atoms. The molecule has 0 aromatic rings. The number of hydrogen-bond donors (Lipinski definition) is 1. The summed E-state index contributed by atoms with van der Waals surface area (Å²) in [6.07, 6.45) is 23.6. The molecule has 0 spiro atoms. The second-order valence-electron chi connectivity index (χ2n) is 11.7. The quantitative estimate of drug-likeness (QED) is 0.254. The second kappa shape index (κ2) is 18.4. The molecular formula is C32H58O2. The number of carbonyl (C=O) groups excluding carboxylic acids is 1. The molecular weight excluding hydrogens is 416 g/mol. The van der Waals surface area contributed by atoms with Gasteiger partial charge in [-0.1, -0.05) is 89.5 Å². The minimum Gasteiger partial charge on any atom is -0.393 e. The van der Waals surface area contributed by atoms with Crippen molar-refractivity contribution in [3.05, 3.63) is 23.3 Å². The average Bonchev–Trinajstić information content (AvgIpc) is 3.43. The van der Waals surface area contributed by atoms with Gasteiger partial charge in [0, 0.05) is 12.3 Å². The number of aliphatic hydroxyl groups excluding tert-OH is 1. The third-order valence-electron chi connectivity index (χ3n) is 8.51. The number of allylic oxidation sites excluding steroid dienone is 4. The summed E-state index contributed by atoms with van der Waals surface area (Å²) < 4.78 is 0. The molecule has 0 saturated heterocycles. The lowest BCUT2D eigenvalue weighted by molar-refractivity contribution is -0.120. The van der Waals surface area contributed by atoms with Gasteiger partial charge in [-0.15, -0.1) is 0 Å². The van der Waals surface area contributed by atoms with Crippen LogP contribution in [-0.2, 0) is 4.79 Å². The van der Waals surface area contributed by atoms with E-state index in [2.05, 4.69) is 53.7 Å². The van der Waals surface area contributed by atoms with Crippen molar-refractivity contribution in [1.29, 1.82) is 0 Å². The van der Waals surface area contributed by atoms with Gasteiger partial charge < -0.3 is 5.11 Å². The molecule has 2 saturated carbocycles. The first-order valence-electron chi connectivity index (χ1n) is 14.8. The van der Waals surface area contributed by atoms with E-state index >= 15 is 0 Å². The number of aliphatic hydroxyl groups is 1. The van der Waals surface area contributed by atoms with Crippen LogP contribution >= 0.6 is 0 Å². The van der Waals surface area contributed by atoms with Crippen LogP contribution in [0.3, 0.4) is 0 Å². The van der Waals surface area contributed by atoms with Crippen LogP contribution in [0.15, 0.2) is 23.3 Å². The molecule has 2 nitrogen and oxygen atoms in total. The van der Waals surface area contributed by atoms with Gasteiger partial charge in [-0.05, 0) is 89.4 Å². The van der Waals surface area contributed by atoms with E-state index in [-0.39, 0.29) is 6.10 Å². The third-order valence-corrected chi connectivity index (χ3v) is 8.51. The van der Waals surface area contributed by atoms with Crippen molar-refractivity contribution in [2.24, 2.45) is 23.7 Å². The number of carbonyl (C=O) groups is 1. The number of rotatable bonds is 14. The molecule has 198 valence electrons. The maximum Gasteiger partial charge on any atom is 0.135 e. The maximum absolute atomic E-state index is 11.5. The van der Waals surface area contributed by atoms with Gasteiger partial charge in [-0.3, -0.25) is 4.79 Å². The highest BCUT2D eigenvalue weighted by Crippen LogP contribution is 2.29. The Labute approximate surface area is 213 Å². The van der Waals surface area contributed by atoms with Crippen LogP contribution in [0.4, 0.5) is 0 Å². The molecule has 2 heteroatoms. The molecule has 0 radical (unpaired) electrons. The Morgan fingerprint density at radius 2 is 1.71 bits per heavy atom. The lowest BCUT2D eigenvalue weighted by Gasteiger charge is -2.15. The number of ketones is 1. The first-order chi connectivity index (χ1) is 16.3. The average molecular weight is 475 g/mol. The smallest absolute Gasteiger partial charge is 0.135 e. The highest BCUT2D eigenvalue weighted by atomic mass is 16.3. The summed E-state index contributed by atoms with van der Waals surface area (Å²) in [5.74, 6) is 3.19. The minimum absolute atomic E-state index is 0.0405. The predicted octanol–water partition coefficient (Wildman–Crippen LogP) is 9.61. The second-order valence-corrected chi connectivity index (χ2v) is 11.7. The summed E-state index contributed by atoms with van der Waals surface area (Å²) in [5.41, 5.74) is 2.97. The normalized spacial score (nSPS) is 25.3. The fourth-order valence-electron chi connectivity index (χ4n) is 5.28. The molecule has 5 unspecified atom stereocenters. The fraction of sp³-hybridized carbons (Fsp3) is 0.844. The van der Waals surface area contributed by atoms with Crippen LogP contribution in [0.25, 0.3) is 0 Å². The summed E-state index contributed by atoms with van der Waals surface area (Å²) in [6, 6.07) is 0. The van der Waals surface area contributed by atoms with Gasteiger partial charge in [0.1, 0.15) is 5.78 Å². The van der Waals surface area contributed by atoms with Crippen LogP contribution in [0.5, 0.6) is 0 Å². The molecule has 0 heterocycles. The topological polar surface area (TPSA) is 37.3 Å². The van der Waals surface area contributed by atoms with Gasteiger partial charge in [0.25, 0.3) is 0 Å². The molecule has 2 aliphatic rings. The van der Waals surface area contributed by atoms with Crippen molar-refractivity contribution < 1.29 is 9.90 Å². The molecule has 0 amide bonds. The van der Waals surface area contributed by atoms with E-state index in [0.717, 1.165) is 56.8 Å². The van der Waals surface area contributed by atoms with Gasteiger partial charge in [0.2, 0.25) is 0 Å². The van der Waals surface area contributed by atoms with Gasteiger partial charge in [0.05, 0.1) is 6.10 Å². The standard InChI is InChI=1S/C16H30O.C16H28O/c2*1-4-13(2)7-5-8-14(3)11-12-15-9-6-10-16(15)17/h13-15H,4-12H2,1-3H3;7,11,15-17H,4-6,8-10,12H2,1-3H3. The summed E-state index contributed by atoms with van der Waals surface area (Å²) in [4.78, 5) is 11.5. The van der Waals surface area contributed by atoms with Crippen molar-refractivity contribution in [1.82, 2.24) is 0 Å². The Morgan fingerprint density at radius 3 is 2.29 bits per heavy atom. The van der Waals surface area contributed by atoms with Gasteiger partial charge in [-0.2, -0.15) is 0 Å². The highest BCUT2D eigenvalue weighted by molar-refractivity contribution is 5.82. The van der Waals surface area contributed by atoms with E-state index in [1.54, 1.807) is 0 Å². The molecule has 5 atom stereocenters. The van der Waals surface area contributed by atoms with Gasteiger partial charge in [0.15, 0.2) is 0 Å². The zero-order valence-corrected chi connectivity index (χ0v) is 23.7. The predicted molar refractivity (Wildman–Crippen MR) is 149 cm³/mol. The van der Waals surface area contributed by atoms with Crippen molar-refractivity contribution in [2.45, 2.75) is 150 Å². The molecule has 0 bridgehead atoms. The van der Waals surface area contributed by atoms with Crippen molar-refractivity contribution in [2.75, 3.05) is 0 Å². The fourth-order valence-corrected chi connectivity index (χ4v) is 5.28. The van der Waals surface area contributed by atoms with Crippen molar-refractivity contribution in [3.63, 3.8) is 0 Å². The Kier molecular flexibility index (Phi) is 16.8. The number of Topliss-reactive ketones (excluding diaryl/α,β-unsaturated/α-hetero) is 1. The zero-order valence-electron chi connectivity index (χ0n) is 23.7. The first kappa shape index (κ1) is 31.1. The molecule has 2 aliphatic carbocycles. The van der Waals surface area contributed by atoms with Crippen LogP contribution in [0.1, 0.15) is 144 Å². The Bertz CT molecular complexity index is 602. The summed E-state index contributed by atoms with van der Waals surface area (Å²) in [5, 5.41) is 9.74. The first-order valence-corrected chi connectivity index (χ1v) is 14.8. The summed E-state index contributed by atoms with van der Waals surface area (Å²) >= 11 is 0. The Balaban J connectivity index is 0.000000340.